The van der Waals surface area contributed by atoms with Crippen molar-refractivity contribution in [1.29, 1.82) is 0 Å². The van der Waals surface area contributed by atoms with Crippen molar-refractivity contribution in [3.8, 4) is 5.75 Å². The Labute approximate surface area is 187 Å². The van der Waals surface area contributed by atoms with Gasteiger partial charge in [-0.05, 0) is 69.1 Å². The summed E-state index contributed by atoms with van der Waals surface area (Å²) in [7, 11) is 5.72. The number of carbonyl (C=O) groups excluding carboxylic acids is 1. The van der Waals surface area contributed by atoms with Gasteiger partial charge in [0, 0.05) is 24.4 Å². The van der Waals surface area contributed by atoms with E-state index in [1.165, 1.54) is 4.90 Å². The number of likely N-dealkylation sites (N-methyl/N-ethyl adjacent to an activating group) is 1. The number of amides is 1. The van der Waals surface area contributed by atoms with Gasteiger partial charge in [-0.3, -0.25) is 9.69 Å². The van der Waals surface area contributed by atoms with E-state index >= 15 is 0 Å². The van der Waals surface area contributed by atoms with Crippen molar-refractivity contribution in [2.75, 3.05) is 44.9 Å². The third kappa shape index (κ3) is 5.97. The first kappa shape index (κ1) is 22.6. The molecule has 0 atom stereocenters. The summed E-state index contributed by atoms with van der Waals surface area (Å²) in [4.78, 5) is 23.0. The van der Waals surface area contributed by atoms with Crippen LogP contribution in [0.5, 0.6) is 5.75 Å². The normalized spacial score (nSPS) is 11.2. The second-order valence-corrected chi connectivity index (χ2v) is 9.57. The van der Waals surface area contributed by atoms with Gasteiger partial charge < -0.3 is 9.64 Å². The van der Waals surface area contributed by atoms with Crippen LogP contribution in [0.1, 0.15) is 18.4 Å². The molecule has 160 valence electrons. The smallest absolute Gasteiger partial charge is 0.228 e. The van der Waals surface area contributed by atoms with Crippen molar-refractivity contribution in [3.63, 3.8) is 0 Å². The van der Waals surface area contributed by atoms with E-state index in [9.17, 15) is 4.79 Å². The molecule has 2 aromatic carbocycles. The number of aryl methyl sites for hydroxylation is 1. The van der Waals surface area contributed by atoms with Crippen molar-refractivity contribution in [2.45, 2.75) is 24.7 Å². The third-order valence-corrected chi connectivity index (χ3v) is 6.92. The molecule has 3 rings (SSSR count). The molecule has 5 nitrogen and oxygen atoms in total. The van der Waals surface area contributed by atoms with E-state index < -0.39 is 0 Å². The number of hydrogen-bond acceptors (Lipinski definition) is 6. The van der Waals surface area contributed by atoms with Gasteiger partial charge in [0.25, 0.3) is 0 Å². The highest BCUT2D eigenvalue weighted by Crippen LogP contribution is 2.31. The first-order valence-corrected chi connectivity index (χ1v) is 11.9. The quantitative estimate of drug-likeness (QED) is 0.323. The zero-order valence-corrected chi connectivity index (χ0v) is 19.7. The van der Waals surface area contributed by atoms with Crippen LogP contribution in [-0.4, -0.2) is 55.8 Å². The molecule has 30 heavy (non-hydrogen) atoms. The molecule has 0 aliphatic carbocycles. The van der Waals surface area contributed by atoms with Crippen LogP contribution in [0.25, 0.3) is 10.2 Å². The lowest BCUT2D eigenvalue weighted by molar-refractivity contribution is -0.118. The summed E-state index contributed by atoms with van der Waals surface area (Å²) in [6, 6.07) is 14.2. The Morgan fingerprint density at radius 2 is 1.90 bits per heavy atom. The minimum atomic E-state index is 0.142. The highest BCUT2D eigenvalue weighted by molar-refractivity contribution is 7.99. The highest BCUT2D eigenvalue weighted by Gasteiger charge is 2.20. The summed E-state index contributed by atoms with van der Waals surface area (Å²) < 4.78 is 6.32. The molecule has 0 saturated heterocycles. The largest absolute Gasteiger partial charge is 0.497 e. The molecular weight excluding hydrogens is 414 g/mol. The SMILES string of the molecule is COc1ccc(SCCCC(=O)N(CCN(C)C)c2nc3c(C)cccc3s2)cc1. The molecule has 0 saturated carbocycles. The van der Waals surface area contributed by atoms with Gasteiger partial charge >= 0.3 is 0 Å². The molecule has 7 heteroatoms. The molecule has 1 aromatic heterocycles. The molecular formula is C23H29N3O2S2. The number of benzene rings is 2. The molecule has 0 N–H and O–H groups in total. The first-order chi connectivity index (χ1) is 14.5. The topological polar surface area (TPSA) is 45.7 Å². The molecule has 1 heterocycles. The number of thioether (sulfide) groups is 1. The number of nitrogens with zero attached hydrogens (tertiary/aromatic N) is 3. The Bertz CT molecular complexity index is 970. The summed E-state index contributed by atoms with van der Waals surface area (Å²) >= 11 is 3.36. The minimum absolute atomic E-state index is 0.142. The zero-order valence-electron chi connectivity index (χ0n) is 18.1. The van der Waals surface area contributed by atoms with Crippen LogP contribution in [0.2, 0.25) is 0 Å². The monoisotopic (exact) mass is 443 g/mol. The maximum absolute atomic E-state index is 13.1. The number of thiazole rings is 1. The summed E-state index contributed by atoms with van der Waals surface area (Å²) in [6.45, 7) is 3.52. The Hall–Kier alpha value is -2.09. The fourth-order valence-electron chi connectivity index (χ4n) is 3.04. The first-order valence-electron chi connectivity index (χ1n) is 10.1. The predicted molar refractivity (Wildman–Crippen MR) is 128 cm³/mol. The molecule has 0 aliphatic rings. The van der Waals surface area contributed by atoms with Gasteiger partial charge in [-0.15, -0.1) is 11.8 Å². The van der Waals surface area contributed by atoms with E-state index in [1.807, 2.05) is 37.2 Å². The molecule has 0 fully saturated rings. The lowest BCUT2D eigenvalue weighted by atomic mass is 10.2. The highest BCUT2D eigenvalue weighted by atomic mass is 32.2. The van der Waals surface area contributed by atoms with Crippen LogP contribution in [0.3, 0.4) is 0 Å². The zero-order chi connectivity index (χ0) is 21.5. The summed E-state index contributed by atoms with van der Waals surface area (Å²) in [6.07, 6.45) is 1.35. The molecule has 0 bridgehead atoms. The average molecular weight is 444 g/mol. The van der Waals surface area contributed by atoms with E-state index in [2.05, 4.69) is 36.1 Å². The molecule has 1 amide bonds. The van der Waals surface area contributed by atoms with Gasteiger partial charge in [0.05, 0.1) is 17.3 Å². The van der Waals surface area contributed by atoms with E-state index in [1.54, 1.807) is 30.2 Å². The Morgan fingerprint density at radius 3 is 2.57 bits per heavy atom. The van der Waals surface area contributed by atoms with Gasteiger partial charge in [-0.1, -0.05) is 23.5 Å². The van der Waals surface area contributed by atoms with Crippen LogP contribution in [0, 0.1) is 6.92 Å². The van der Waals surface area contributed by atoms with Gasteiger partial charge in [0.15, 0.2) is 5.13 Å². The average Bonchev–Trinajstić information content (AvgIpc) is 3.17. The summed E-state index contributed by atoms with van der Waals surface area (Å²) in [5.74, 6) is 1.90. The van der Waals surface area contributed by atoms with Crippen LogP contribution in [-0.2, 0) is 4.79 Å². The van der Waals surface area contributed by atoms with Crippen molar-refractivity contribution in [3.05, 3.63) is 48.0 Å². The Kier molecular flexibility index (Phi) is 8.13. The lowest BCUT2D eigenvalue weighted by Gasteiger charge is -2.22. The van der Waals surface area contributed by atoms with Crippen molar-refractivity contribution < 1.29 is 9.53 Å². The van der Waals surface area contributed by atoms with Crippen LogP contribution < -0.4 is 9.64 Å². The second kappa shape index (κ2) is 10.8. The van der Waals surface area contributed by atoms with Crippen molar-refractivity contribution in [2.24, 2.45) is 0 Å². The molecule has 0 radical (unpaired) electrons. The Balaban J connectivity index is 1.62. The van der Waals surface area contributed by atoms with Crippen LogP contribution in [0.4, 0.5) is 5.13 Å². The number of methoxy groups -OCH3 is 1. The maximum atomic E-state index is 13.1. The maximum Gasteiger partial charge on any atom is 0.228 e. The standard InChI is InChI=1S/C23H29N3O2S2/c1-17-7-5-8-20-22(17)24-23(30-20)26(15-14-25(2)3)21(27)9-6-16-29-19-12-10-18(28-4)11-13-19/h5,7-8,10-13H,6,9,14-16H2,1-4H3. The number of anilines is 1. The predicted octanol–water partition coefficient (Wildman–Crippen LogP) is 5.08. The van der Waals surface area contributed by atoms with Crippen molar-refractivity contribution in [1.82, 2.24) is 9.88 Å². The number of aromatic nitrogens is 1. The summed E-state index contributed by atoms with van der Waals surface area (Å²) in [5.41, 5.74) is 2.14. The summed E-state index contributed by atoms with van der Waals surface area (Å²) in [5, 5.41) is 0.800. The van der Waals surface area contributed by atoms with E-state index in [4.69, 9.17) is 9.72 Å². The van der Waals surface area contributed by atoms with Gasteiger partial charge in [-0.2, -0.15) is 0 Å². The third-order valence-electron chi connectivity index (χ3n) is 4.78. The van der Waals surface area contributed by atoms with Crippen molar-refractivity contribution >= 4 is 44.4 Å². The minimum Gasteiger partial charge on any atom is -0.497 e. The van der Waals surface area contributed by atoms with E-state index in [0.717, 1.165) is 45.4 Å². The molecule has 0 spiro atoms. The van der Waals surface area contributed by atoms with Gasteiger partial charge in [0.2, 0.25) is 5.91 Å². The molecule has 3 aromatic rings. The molecule has 0 aliphatic heterocycles. The van der Waals surface area contributed by atoms with Crippen LogP contribution >= 0.6 is 23.1 Å². The fraction of sp³-hybridized carbons (Fsp3) is 0.391. The number of hydrogen-bond donors (Lipinski definition) is 0. The number of fused-ring (bicyclic) bond motifs is 1. The van der Waals surface area contributed by atoms with Crippen LogP contribution in [0.15, 0.2) is 47.4 Å². The lowest BCUT2D eigenvalue weighted by Crippen LogP contribution is -2.36. The fourth-order valence-corrected chi connectivity index (χ4v) is 4.98. The number of rotatable bonds is 10. The molecule has 0 unspecified atom stereocenters. The Morgan fingerprint density at radius 1 is 1.13 bits per heavy atom. The van der Waals surface area contributed by atoms with Gasteiger partial charge in [0.1, 0.15) is 5.75 Å². The van der Waals surface area contributed by atoms with E-state index in [0.29, 0.717) is 13.0 Å². The number of para-hydroxylation sites is 1. The second-order valence-electron chi connectivity index (χ2n) is 7.39. The number of carbonyl (C=O) groups is 1. The van der Waals surface area contributed by atoms with E-state index in [-0.39, 0.29) is 5.91 Å². The van der Waals surface area contributed by atoms with Gasteiger partial charge in [-0.25, -0.2) is 4.98 Å². The number of ether oxygens (including phenoxy) is 1.